The Labute approximate surface area is 252 Å². The van der Waals surface area contributed by atoms with Gasteiger partial charge in [-0.05, 0) is 78.7 Å². The van der Waals surface area contributed by atoms with E-state index in [4.69, 9.17) is 20.3 Å². The number of rotatable bonds is 8. The van der Waals surface area contributed by atoms with E-state index in [9.17, 15) is 0 Å². The van der Waals surface area contributed by atoms with Crippen molar-refractivity contribution in [2.24, 2.45) is 16.6 Å². The molecule has 5 rings (SSSR count). The number of nitrogens with one attached hydrogen (secondary N) is 1. The summed E-state index contributed by atoms with van der Waals surface area (Å²) in [6.45, 7) is 15.8. The van der Waals surface area contributed by atoms with Crippen LogP contribution in [0.2, 0.25) is 18.1 Å². The van der Waals surface area contributed by atoms with Crippen molar-refractivity contribution in [1.82, 2.24) is 9.61 Å². The number of amidine groups is 1. The van der Waals surface area contributed by atoms with E-state index in [0.29, 0.717) is 17.8 Å². The summed E-state index contributed by atoms with van der Waals surface area (Å²) >= 11 is 0. The van der Waals surface area contributed by atoms with Crippen LogP contribution in [0.4, 0.5) is 11.4 Å². The van der Waals surface area contributed by atoms with Gasteiger partial charge >= 0.3 is 0 Å². The van der Waals surface area contributed by atoms with Crippen molar-refractivity contribution in [2.75, 3.05) is 5.32 Å². The van der Waals surface area contributed by atoms with E-state index in [2.05, 4.69) is 95.6 Å². The minimum atomic E-state index is -1.95. The zero-order valence-corrected chi connectivity index (χ0v) is 27.4. The fraction of sp³-hybridized carbons (Fsp3) is 0.429. The third kappa shape index (κ3) is 6.26. The fourth-order valence-corrected chi connectivity index (χ4v) is 6.58. The predicted octanol–water partition coefficient (Wildman–Crippen LogP) is 8.98. The molecule has 2 aromatic heterocycles. The minimum absolute atomic E-state index is 0.130. The van der Waals surface area contributed by atoms with Crippen molar-refractivity contribution in [3.63, 3.8) is 0 Å². The average Bonchev–Trinajstić information content (AvgIpc) is 3.40. The second kappa shape index (κ2) is 12.0. The van der Waals surface area contributed by atoms with Crippen LogP contribution in [-0.2, 0) is 6.42 Å². The number of fused-ring (bicyclic) bond motifs is 1. The molecule has 42 heavy (non-hydrogen) atoms. The van der Waals surface area contributed by atoms with Gasteiger partial charge in [-0.1, -0.05) is 77.8 Å². The van der Waals surface area contributed by atoms with Gasteiger partial charge in [-0.25, -0.2) is 9.51 Å². The monoisotopic (exact) mass is 581 g/mol. The van der Waals surface area contributed by atoms with Crippen molar-refractivity contribution in [3.8, 4) is 16.9 Å². The quantitative estimate of drug-likeness (QED) is 0.124. The molecular formula is C35H47N5OSi. The van der Waals surface area contributed by atoms with Crippen LogP contribution in [0.1, 0.15) is 71.4 Å². The predicted molar refractivity (Wildman–Crippen MR) is 180 cm³/mol. The van der Waals surface area contributed by atoms with E-state index >= 15 is 0 Å². The van der Waals surface area contributed by atoms with Crippen LogP contribution in [0.15, 0.2) is 72.0 Å². The topological polar surface area (TPSA) is 76.9 Å². The lowest BCUT2D eigenvalue weighted by Gasteiger charge is -2.36. The van der Waals surface area contributed by atoms with E-state index in [1.165, 1.54) is 19.3 Å². The Kier molecular flexibility index (Phi) is 8.51. The van der Waals surface area contributed by atoms with Gasteiger partial charge in [0.25, 0.3) is 0 Å². The van der Waals surface area contributed by atoms with Crippen LogP contribution in [0.5, 0.6) is 5.75 Å². The van der Waals surface area contributed by atoms with Crippen LogP contribution >= 0.6 is 0 Å². The molecule has 6 nitrogen and oxygen atoms in total. The Hall–Kier alpha value is -3.58. The second-order valence-electron chi connectivity index (χ2n) is 13.4. The summed E-state index contributed by atoms with van der Waals surface area (Å²) in [6, 6.07) is 19.2. The maximum Gasteiger partial charge on any atom is 0.250 e. The van der Waals surface area contributed by atoms with Crippen molar-refractivity contribution < 1.29 is 4.43 Å². The van der Waals surface area contributed by atoms with Gasteiger partial charge in [-0.3, -0.25) is 0 Å². The van der Waals surface area contributed by atoms with Crippen LogP contribution in [-0.4, -0.2) is 29.8 Å². The first kappa shape index (κ1) is 29.9. The molecule has 1 fully saturated rings. The molecule has 1 saturated carbocycles. The zero-order valence-electron chi connectivity index (χ0n) is 26.4. The first-order valence-corrected chi connectivity index (χ1v) is 18.4. The lowest BCUT2D eigenvalue weighted by molar-refractivity contribution is 0.349. The fourth-order valence-electron chi connectivity index (χ4n) is 5.56. The smallest absolute Gasteiger partial charge is 0.250 e. The molecule has 2 heterocycles. The largest absolute Gasteiger partial charge is 0.543 e. The number of aryl methyl sites for hydroxylation is 1. The average molecular weight is 582 g/mol. The Morgan fingerprint density at radius 1 is 1.07 bits per heavy atom. The van der Waals surface area contributed by atoms with Crippen LogP contribution in [0, 0.1) is 5.92 Å². The number of hydrogen-bond donors (Lipinski definition) is 2. The molecular weight excluding hydrogens is 535 g/mol. The Balaban J connectivity index is 1.55. The van der Waals surface area contributed by atoms with Gasteiger partial charge in [0.2, 0.25) is 8.32 Å². The SMILES string of the molecule is CCc1cc(O[Si](C)(C)C(C)(C)C)ccc1/N=C(\N)c1cnn2cc(-c3ccccc3)cc2c1NC1CCCCC1C. The molecule has 222 valence electrons. The Morgan fingerprint density at radius 3 is 2.50 bits per heavy atom. The maximum atomic E-state index is 6.83. The third-order valence-electron chi connectivity index (χ3n) is 9.31. The molecule has 1 aliphatic rings. The Morgan fingerprint density at radius 2 is 1.81 bits per heavy atom. The molecule has 0 saturated heterocycles. The lowest BCUT2D eigenvalue weighted by Crippen LogP contribution is -2.43. The van der Waals surface area contributed by atoms with Gasteiger partial charge in [0, 0.05) is 17.8 Å². The highest BCUT2D eigenvalue weighted by Crippen LogP contribution is 2.39. The van der Waals surface area contributed by atoms with E-state index in [1.54, 1.807) is 0 Å². The third-order valence-corrected chi connectivity index (χ3v) is 13.7. The number of aliphatic imine (C=N–C) groups is 1. The standard InChI is InChI=1S/C35H47N5OSi/c1-8-25-20-28(41-42(6,7)35(3,4)5)18-19-31(25)39-34(36)29-22-37-40-23-27(26-15-10-9-11-16-26)21-32(40)33(29)38-30-17-13-12-14-24(30)2/h9-11,15-16,18-24,30,38H,8,12-14,17H2,1-7H3,(H2,36,39). The number of aromatic nitrogens is 2. The molecule has 0 spiro atoms. The van der Waals surface area contributed by atoms with Crippen molar-refractivity contribution >= 4 is 31.0 Å². The number of benzene rings is 2. The van der Waals surface area contributed by atoms with Gasteiger partial charge < -0.3 is 15.5 Å². The highest BCUT2D eigenvalue weighted by Gasteiger charge is 2.39. The summed E-state index contributed by atoms with van der Waals surface area (Å²) in [5.41, 5.74) is 14.0. The van der Waals surface area contributed by atoms with Gasteiger partial charge in [0.05, 0.1) is 28.7 Å². The molecule has 2 unspecified atom stereocenters. The molecule has 0 aliphatic heterocycles. The second-order valence-corrected chi connectivity index (χ2v) is 18.1. The zero-order chi connectivity index (χ0) is 30.1. The van der Waals surface area contributed by atoms with Gasteiger partial charge in [0.1, 0.15) is 11.6 Å². The van der Waals surface area contributed by atoms with Crippen molar-refractivity contribution in [3.05, 3.63) is 78.1 Å². The number of nitrogens with two attached hydrogens (primary N) is 1. The van der Waals surface area contributed by atoms with Crippen LogP contribution in [0.25, 0.3) is 16.6 Å². The Bertz CT molecular complexity index is 1570. The van der Waals surface area contributed by atoms with Gasteiger partial charge in [-0.15, -0.1) is 0 Å². The van der Waals surface area contributed by atoms with E-state index in [1.807, 2.05) is 28.9 Å². The maximum absolute atomic E-state index is 6.83. The molecule has 7 heteroatoms. The summed E-state index contributed by atoms with van der Waals surface area (Å²) in [5, 5.41) is 8.83. The first-order valence-electron chi connectivity index (χ1n) is 15.5. The summed E-state index contributed by atoms with van der Waals surface area (Å²) < 4.78 is 8.55. The number of anilines is 1. The van der Waals surface area contributed by atoms with Gasteiger partial charge in [-0.2, -0.15) is 5.10 Å². The number of nitrogens with zero attached hydrogens (tertiary/aromatic N) is 3. The normalized spacial score (nSPS) is 18.3. The molecule has 3 N–H and O–H groups in total. The van der Waals surface area contributed by atoms with Crippen LogP contribution in [0.3, 0.4) is 0 Å². The molecule has 0 radical (unpaired) electrons. The first-order chi connectivity index (χ1) is 20.0. The molecule has 2 aromatic carbocycles. The van der Waals surface area contributed by atoms with Crippen molar-refractivity contribution in [2.45, 2.75) is 90.9 Å². The molecule has 0 bridgehead atoms. The van der Waals surface area contributed by atoms with Gasteiger partial charge in [0.15, 0.2) is 0 Å². The summed E-state index contributed by atoms with van der Waals surface area (Å²) in [5.74, 6) is 1.96. The summed E-state index contributed by atoms with van der Waals surface area (Å²) in [6.07, 6.45) is 9.69. The molecule has 4 aromatic rings. The van der Waals surface area contributed by atoms with Crippen LogP contribution < -0.4 is 15.5 Å². The highest BCUT2D eigenvalue weighted by molar-refractivity contribution is 6.74. The summed E-state index contributed by atoms with van der Waals surface area (Å²) in [4.78, 5) is 4.99. The molecule has 1 aliphatic carbocycles. The van der Waals surface area contributed by atoms with E-state index < -0.39 is 8.32 Å². The van der Waals surface area contributed by atoms with Crippen molar-refractivity contribution in [1.29, 1.82) is 0 Å². The highest BCUT2D eigenvalue weighted by atomic mass is 28.4. The van der Waals surface area contributed by atoms with E-state index in [0.717, 1.165) is 57.7 Å². The van der Waals surface area contributed by atoms with E-state index in [-0.39, 0.29) is 5.04 Å². The summed E-state index contributed by atoms with van der Waals surface area (Å²) in [7, 11) is -1.95. The molecule has 2 atom stereocenters. The minimum Gasteiger partial charge on any atom is -0.543 e. The number of hydrogen-bond acceptors (Lipinski definition) is 4. The lowest BCUT2D eigenvalue weighted by atomic mass is 9.85. The molecule has 0 amide bonds.